The quantitative estimate of drug-likeness (QED) is 0.702. The monoisotopic (exact) mass is 359 g/mol. The number of nitrogens with zero attached hydrogens (tertiary/aromatic N) is 1. The Labute approximate surface area is 149 Å². The Balaban J connectivity index is 1.60. The number of aromatic nitrogens is 2. The van der Waals surface area contributed by atoms with Gasteiger partial charge in [0, 0.05) is 12.8 Å². The molecule has 1 amide bonds. The highest BCUT2D eigenvalue weighted by molar-refractivity contribution is 5.93. The van der Waals surface area contributed by atoms with E-state index in [1.165, 1.54) is 0 Å². The zero-order valence-electron chi connectivity index (χ0n) is 14.3. The summed E-state index contributed by atoms with van der Waals surface area (Å²) >= 11 is 0. The van der Waals surface area contributed by atoms with Gasteiger partial charge in [0.25, 0.3) is 11.5 Å². The number of ether oxygens (including phenoxy) is 2. The Hall–Kier alpha value is -2.87. The normalized spacial score (nSPS) is 16.4. The summed E-state index contributed by atoms with van der Waals surface area (Å²) in [4.78, 5) is 39.1. The number of H-pyrrole nitrogens is 1. The molecule has 8 nitrogen and oxygen atoms in total. The van der Waals surface area contributed by atoms with Crippen LogP contribution in [0.5, 0.6) is 5.75 Å². The van der Waals surface area contributed by atoms with E-state index in [1.807, 2.05) is 30.3 Å². The molecule has 3 rings (SSSR count). The summed E-state index contributed by atoms with van der Waals surface area (Å²) in [5.74, 6) is 0.147. The highest BCUT2D eigenvalue weighted by Gasteiger charge is 2.20. The maximum Gasteiger partial charge on any atom is 0.328 e. The van der Waals surface area contributed by atoms with Crippen molar-refractivity contribution < 1.29 is 14.3 Å². The Morgan fingerprint density at radius 1 is 1.31 bits per heavy atom. The van der Waals surface area contributed by atoms with Crippen LogP contribution in [0.1, 0.15) is 23.2 Å². The molecule has 1 unspecified atom stereocenters. The van der Waals surface area contributed by atoms with Crippen molar-refractivity contribution in [1.29, 1.82) is 0 Å². The molecule has 0 bridgehead atoms. The van der Waals surface area contributed by atoms with Crippen LogP contribution < -0.4 is 21.3 Å². The largest absolute Gasteiger partial charge is 0.492 e. The van der Waals surface area contributed by atoms with Crippen LogP contribution in [0, 0.1) is 0 Å². The first-order valence-electron chi connectivity index (χ1n) is 8.55. The van der Waals surface area contributed by atoms with E-state index in [0.717, 1.165) is 23.6 Å². The number of para-hydroxylation sites is 1. The van der Waals surface area contributed by atoms with Crippen LogP contribution in [0.2, 0.25) is 0 Å². The third-order valence-electron chi connectivity index (χ3n) is 4.12. The van der Waals surface area contributed by atoms with Crippen molar-refractivity contribution in [2.45, 2.75) is 25.5 Å². The molecule has 1 aromatic carbocycles. The number of amides is 1. The van der Waals surface area contributed by atoms with E-state index in [2.05, 4.69) is 10.3 Å². The molecule has 0 saturated carbocycles. The lowest BCUT2D eigenvalue weighted by Gasteiger charge is -2.12. The van der Waals surface area contributed by atoms with E-state index in [0.29, 0.717) is 12.4 Å². The van der Waals surface area contributed by atoms with Crippen molar-refractivity contribution >= 4 is 5.91 Å². The average molecular weight is 359 g/mol. The second kappa shape index (κ2) is 8.48. The van der Waals surface area contributed by atoms with E-state index in [-0.39, 0.29) is 31.4 Å². The number of benzene rings is 1. The summed E-state index contributed by atoms with van der Waals surface area (Å²) in [6.07, 6.45) is 2.66. The van der Waals surface area contributed by atoms with Crippen LogP contribution >= 0.6 is 0 Å². The van der Waals surface area contributed by atoms with Gasteiger partial charge in [-0.1, -0.05) is 18.2 Å². The Morgan fingerprint density at radius 2 is 2.12 bits per heavy atom. The first kappa shape index (κ1) is 17.9. The van der Waals surface area contributed by atoms with Crippen LogP contribution in [0.15, 0.2) is 46.1 Å². The number of nitrogens with one attached hydrogen (secondary N) is 2. The lowest BCUT2D eigenvalue weighted by molar-refractivity contribution is 0.0919. The summed E-state index contributed by atoms with van der Waals surface area (Å²) in [5.41, 5.74) is -1.28. The van der Waals surface area contributed by atoms with Crippen LogP contribution in [0.3, 0.4) is 0 Å². The molecule has 1 fully saturated rings. The topological polar surface area (TPSA) is 102 Å². The summed E-state index contributed by atoms with van der Waals surface area (Å²) < 4.78 is 12.0. The van der Waals surface area contributed by atoms with Gasteiger partial charge in [-0.15, -0.1) is 0 Å². The molecule has 1 aliphatic rings. The lowest BCUT2D eigenvalue weighted by Crippen LogP contribution is -2.43. The van der Waals surface area contributed by atoms with Gasteiger partial charge >= 0.3 is 5.69 Å². The molecule has 2 N–H and O–H groups in total. The molecule has 1 aliphatic heterocycles. The first-order chi connectivity index (χ1) is 12.6. The van der Waals surface area contributed by atoms with Crippen LogP contribution in [-0.4, -0.2) is 41.3 Å². The molecular formula is C18H21N3O5. The summed E-state index contributed by atoms with van der Waals surface area (Å²) in [6.45, 7) is 1.27. The molecule has 0 aliphatic carbocycles. The van der Waals surface area contributed by atoms with Crippen molar-refractivity contribution in [3.8, 4) is 5.75 Å². The Morgan fingerprint density at radius 3 is 2.85 bits per heavy atom. The minimum Gasteiger partial charge on any atom is -0.492 e. The van der Waals surface area contributed by atoms with Gasteiger partial charge in [0.15, 0.2) is 0 Å². The predicted octanol–water partition coefficient (Wildman–Crippen LogP) is 0.524. The average Bonchev–Trinajstić information content (AvgIpc) is 3.16. The molecule has 0 spiro atoms. The van der Waals surface area contributed by atoms with Gasteiger partial charge in [0.2, 0.25) is 0 Å². The van der Waals surface area contributed by atoms with E-state index in [4.69, 9.17) is 9.47 Å². The van der Waals surface area contributed by atoms with Crippen molar-refractivity contribution in [2.75, 3.05) is 19.8 Å². The standard InChI is InChI=1S/C18H21N3O5/c22-16(19-8-10-26-13-5-2-1-3-6-13)15-11-20-18(24)21(17(15)23)12-14-7-4-9-25-14/h1-3,5-6,11,14H,4,7-10,12H2,(H,19,22)(H,20,24). The highest BCUT2D eigenvalue weighted by Crippen LogP contribution is 2.12. The van der Waals surface area contributed by atoms with Crippen molar-refractivity contribution in [1.82, 2.24) is 14.9 Å². The fraction of sp³-hybridized carbons (Fsp3) is 0.389. The lowest BCUT2D eigenvalue weighted by atomic mass is 10.2. The van der Waals surface area contributed by atoms with Crippen LogP contribution in [0.25, 0.3) is 0 Å². The van der Waals surface area contributed by atoms with Gasteiger partial charge in [-0.05, 0) is 25.0 Å². The van der Waals surface area contributed by atoms with Crippen LogP contribution in [0.4, 0.5) is 0 Å². The van der Waals surface area contributed by atoms with Gasteiger partial charge in [-0.3, -0.25) is 14.2 Å². The zero-order valence-corrected chi connectivity index (χ0v) is 14.3. The van der Waals surface area contributed by atoms with Gasteiger partial charge < -0.3 is 19.8 Å². The molecule has 1 saturated heterocycles. The third kappa shape index (κ3) is 4.40. The third-order valence-corrected chi connectivity index (χ3v) is 4.12. The van der Waals surface area contributed by atoms with E-state index < -0.39 is 17.2 Å². The van der Waals surface area contributed by atoms with Gasteiger partial charge in [0.05, 0.1) is 19.2 Å². The Bertz CT molecular complexity index is 853. The van der Waals surface area contributed by atoms with E-state index in [9.17, 15) is 14.4 Å². The summed E-state index contributed by atoms with van der Waals surface area (Å²) in [7, 11) is 0. The maximum atomic E-state index is 12.5. The molecular weight excluding hydrogens is 338 g/mol. The number of rotatable bonds is 7. The molecule has 1 aromatic heterocycles. The SMILES string of the molecule is O=C(NCCOc1ccccc1)c1c[nH]c(=O)n(CC2CCCO2)c1=O. The molecule has 2 aromatic rings. The van der Waals surface area contributed by atoms with Crippen molar-refractivity contribution in [2.24, 2.45) is 0 Å². The summed E-state index contributed by atoms with van der Waals surface area (Å²) in [5, 5.41) is 2.62. The van der Waals surface area contributed by atoms with Crippen molar-refractivity contribution in [3.63, 3.8) is 0 Å². The zero-order chi connectivity index (χ0) is 18.4. The number of hydrogen-bond acceptors (Lipinski definition) is 5. The molecule has 8 heteroatoms. The van der Waals surface area contributed by atoms with Gasteiger partial charge in [-0.2, -0.15) is 0 Å². The second-order valence-corrected chi connectivity index (χ2v) is 5.98. The number of carbonyl (C=O) groups excluding carboxylic acids is 1. The predicted molar refractivity (Wildman–Crippen MR) is 94.6 cm³/mol. The number of hydrogen-bond donors (Lipinski definition) is 2. The minimum atomic E-state index is -0.620. The smallest absolute Gasteiger partial charge is 0.328 e. The van der Waals surface area contributed by atoms with Crippen LogP contribution in [-0.2, 0) is 11.3 Å². The fourth-order valence-electron chi connectivity index (χ4n) is 2.78. The first-order valence-corrected chi connectivity index (χ1v) is 8.55. The number of aromatic amines is 1. The van der Waals surface area contributed by atoms with E-state index in [1.54, 1.807) is 0 Å². The second-order valence-electron chi connectivity index (χ2n) is 5.98. The maximum absolute atomic E-state index is 12.5. The molecule has 26 heavy (non-hydrogen) atoms. The van der Waals surface area contributed by atoms with Gasteiger partial charge in [-0.25, -0.2) is 4.79 Å². The molecule has 2 heterocycles. The van der Waals surface area contributed by atoms with Crippen molar-refractivity contribution in [3.05, 3.63) is 62.9 Å². The van der Waals surface area contributed by atoms with E-state index >= 15 is 0 Å². The Kier molecular flexibility index (Phi) is 5.85. The van der Waals surface area contributed by atoms with Gasteiger partial charge in [0.1, 0.15) is 17.9 Å². The number of carbonyl (C=O) groups is 1. The fourth-order valence-corrected chi connectivity index (χ4v) is 2.78. The molecule has 0 radical (unpaired) electrons. The minimum absolute atomic E-state index is 0.109. The molecule has 1 atom stereocenters. The summed E-state index contributed by atoms with van der Waals surface area (Å²) in [6, 6.07) is 9.21. The highest BCUT2D eigenvalue weighted by atomic mass is 16.5. The molecule has 138 valence electrons.